The van der Waals surface area contributed by atoms with E-state index in [1.807, 2.05) is 18.2 Å². The van der Waals surface area contributed by atoms with E-state index < -0.39 is 0 Å². The van der Waals surface area contributed by atoms with Gasteiger partial charge in [-0.05, 0) is 31.0 Å². The van der Waals surface area contributed by atoms with Crippen molar-refractivity contribution in [3.63, 3.8) is 0 Å². The molecule has 3 nitrogen and oxygen atoms in total. The maximum absolute atomic E-state index is 5.59. The number of ether oxygens (including phenoxy) is 2. The first-order chi connectivity index (χ1) is 7.78. The van der Waals surface area contributed by atoms with Gasteiger partial charge in [-0.15, -0.1) is 6.58 Å². The molecule has 0 unspecified atom stereocenters. The van der Waals surface area contributed by atoms with Gasteiger partial charge in [-0.25, -0.2) is 0 Å². The highest BCUT2D eigenvalue weighted by atomic mass is 16.5. The molecule has 1 aromatic carbocycles. The standard InChI is InChI=1S/C13H19NO2/c1-4-5-11-10(8-9-14)6-7-12(15-2)13(11)16-3/h4,6-7H,1,5,8-9,14H2,2-3H3. The third kappa shape index (κ3) is 2.55. The smallest absolute Gasteiger partial charge is 0.164 e. The van der Waals surface area contributed by atoms with Crippen molar-refractivity contribution in [2.45, 2.75) is 12.8 Å². The fourth-order valence-electron chi connectivity index (χ4n) is 1.79. The number of hydrogen-bond acceptors (Lipinski definition) is 3. The minimum atomic E-state index is 0.625. The highest BCUT2D eigenvalue weighted by Gasteiger charge is 2.12. The lowest BCUT2D eigenvalue weighted by atomic mass is 10.00. The first-order valence-electron chi connectivity index (χ1n) is 5.32. The van der Waals surface area contributed by atoms with Gasteiger partial charge in [0.25, 0.3) is 0 Å². The van der Waals surface area contributed by atoms with Crippen LogP contribution in [-0.4, -0.2) is 20.8 Å². The van der Waals surface area contributed by atoms with Gasteiger partial charge in [0.1, 0.15) is 0 Å². The fraction of sp³-hybridized carbons (Fsp3) is 0.385. The maximum Gasteiger partial charge on any atom is 0.164 e. The van der Waals surface area contributed by atoms with Crippen LogP contribution in [0, 0.1) is 0 Å². The third-order valence-corrected chi connectivity index (χ3v) is 2.51. The Labute approximate surface area is 96.9 Å². The van der Waals surface area contributed by atoms with E-state index in [-0.39, 0.29) is 0 Å². The van der Waals surface area contributed by atoms with Gasteiger partial charge >= 0.3 is 0 Å². The average Bonchev–Trinajstić information content (AvgIpc) is 2.31. The first-order valence-corrected chi connectivity index (χ1v) is 5.32. The van der Waals surface area contributed by atoms with E-state index in [1.165, 1.54) is 5.56 Å². The summed E-state index contributed by atoms with van der Waals surface area (Å²) in [5.74, 6) is 1.54. The van der Waals surface area contributed by atoms with Crippen LogP contribution in [0.5, 0.6) is 11.5 Å². The van der Waals surface area contributed by atoms with Crippen LogP contribution in [0.3, 0.4) is 0 Å². The first kappa shape index (κ1) is 12.6. The van der Waals surface area contributed by atoms with Gasteiger partial charge in [-0.2, -0.15) is 0 Å². The lowest BCUT2D eigenvalue weighted by molar-refractivity contribution is 0.351. The average molecular weight is 221 g/mol. The van der Waals surface area contributed by atoms with Gasteiger partial charge in [0.15, 0.2) is 11.5 Å². The monoisotopic (exact) mass is 221 g/mol. The molecule has 3 heteroatoms. The molecule has 0 saturated carbocycles. The summed E-state index contributed by atoms with van der Waals surface area (Å²) < 4.78 is 10.7. The van der Waals surface area contributed by atoms with Crippen LogP contribution in [0.15, 0.2) is 24.8 Å². The zero-order valence-electron chi connectivity index (χ0n) is 9.95. The molecule has 16 heavy (non-hydrogen) atoms. The third-order valence-electron chi connectivity index (χ3n) is 2.51. The van der Waals surface area contributed by atoms with Crippen molar-refractivity contribution in [2.75, 3.05) is 20.8 Å². The van der Waals surface area contributed by atoms with Gasteiger partial charge in [0.05, 0.1) is 14.2 Å². The summed E-state index contributed by atoms with van der Waals surface area (Å²) in [6, 6.07) is 3.95. The highest BCUT2D eigenvalue weighted by molar-refractivity contribution is 5.51. The van der Waals surface area contributed by atoms with Crippen molar-refractivity contribution < 1.29 is 9.47 Å². The van der Waals surface area contributed by atoms with Crippen LogP contribution in [0.2, 0.25) is 0 Å². The Hall–Kier alpha value is -1.48. The summed E-state index contributed by atoms with van der Waals surface area (Å²) in [7, 11) is 3.29. The SMILES string of the molecule is C=CCc1c(CCN)ccc(OC)c1OC. The summed E-state index contributed by atoms with van der Waals surface area (Å²) in [5.41, 5.74) is 7.90. The molecule has 0 spiro atoms. The van der Waals surface area contributed by atoms with Crippen molar-refractivity contribution in [1.82, 2.24) is 0 Å². The lowest BCUT2D eigenvalue weighted by Crippen LogP contribution is -2.07. The second-order valence-electron chi connectivity index (χ2n) is 3.47. The van der Waals surface area contributed by atoms with E-state index in [0.29, 0.717) is 6.54 Å². The number of nitrogens with two attached hydrogens (primary N) is 1. The molecule has 2 N–H and O–H groups in total. The molecule has 1 aromatic rings. The van der Waals surface area contributed by atoms with Crippen LogP contribution < -0.4 is 15.2 Å². The summed E-state index contributed by atoms with van der Waals surface area (Å²) in [6.07, 6.45) is 3.45. The molecule has 0 bridgehead atoms. The number of benzene rings is 1. The van der Waals surface area contributed by atoms with Crippen molar-refractivity contribution in [1.29, 1.82) is 0 Å². The summed E-state index contributed by atoms with van der Waals surface area (Å²) >= 11 is 0. The van der Waals surface area contributed by atoms with E-state index in [2.05, 4.69) is 6.58 Å². The van der Waals surface area contributed by atoms with Gasteiger partial charge in [-0.1, -0.05) is 12.1 Å². The molecule has 0 atom stereocenters. The number of rotatable bonds is 6. The van der Waals surface area contributed by atoms with Crippen molar-refractivity contribution >= 4 is 0 Å². The molecular weight excluding hydrogens is 202 g/mol. The van der Waals surface area contributed by atoms with Crippen LogP contribution >= 0.6 is 0 Å². The van der Waals surface area contributed by atoms with Crippen molar-refractivity contribution in [3.8, 4) is 11.5 Å². The molecule has 88 valence electrons. The molecule has 0 saturated heterocycles. The summed E-state index contributed by atoms with van der Waals surface area (Å²) in [5, 5.41) is 0. The maximum atomic E-state index is 5.59. The number of methoxy groups -OCH3 is 2. The molecule has 1 rings (SSSR count). The van der Waals surface area contributed by atoms with Crippen LogP contribution in [-0.2, 0) is 12.8 Å². The van der Waals surface area contributed by atoms with Gasteiger partial charge in [-0.3, -0.25) is 0 Å². The van der Waals surface area contributed by atoms with Crippen LogP contribution in [0.1, 0.15) is 11.1 Å². The lowest BCUT2D eigenvalue weighted by Gasteiger charge is -2.15. The second kappa shape index (κ2) is 6.18. The number of hydrogen-bond donors (Lipinski definition) is 1. The van der Waals surface area contributed by atoms with Gasteiger partial charge in [0.2, 0.25) is 0 Å². The number of allylic oxidation sites excluding steroid dienone is 1. The topological polar surface area (TPSA) is 44.5 Å². The molecular formula is C13H19NO2. The van der Waals surface area contributed by atoms with Crippen molar-refractivity contribution in [3.05, 3.63) is 35.9 Å². The molecule has 0 radical (unpaired) electrons. The van der Waals surface area contributed by atoms with Crippen LogP contribution in [0.4, 0.5) is 0 Å². The van der Waals surface area contributed by atoms with Crippen molar-refractivity contribution in [2.24, 2.45) is 5.73 Å². The predicted octanol–water partition coefficient (Wildman–Crippen LogP) is 1.93. The molecule has 0 heterocycles. The minimum absolute atomic E-state index is 0.625. The van der Waals surface area contributed by atoms with E-state index >= 15 is 0 Å². The molecule has 0 aliphatic heterocycles. The Morgan fingerprint density at radius 1 is 1.31 bits per heavy atom. The molecule has 0 amide bonds. The zero-order chi connectivity index (χ0) is 12.0. The highest BCUT2D eigenvalue weighted by Crippen LogP contribution is 2.34. The Morgan fingerprint density at radius 3 is 2.56 bits per heavy atom. The minimum Gasteiger partial charge on any atom is -0.493 e. The Bertz CT molecular complexity index is 361. The van der Waals surface area contributed by atoms with E-state index in [9.17, 15) is 0 Å². The molecule has 0 fully saturated rings. The predicted molar refractivity (Wildman–Crippen MR) is 66.2 cm³/mol. The molecule has 0 aliphatic rings. The second-order valence-corrected chi connectivity index (χ2v) is 3.47. The van der Waals surface area contributed by atoms with Gasteiger partial charge in [0, 0.05) is 5.56 Å². The van der Waals surface area contributed by atoms with Gasteiger partial charge < -0.3 is 15.2 Å². The van der Waals surface area contributed by atoms with E-state index in [0.717, 1.165) is 29.9 Å². The fourth-order valence-corrected chi connectivity index (χ4v) is 1.79. The Balaban J connectivity index is 3.25. The summed E-state index contributed by atoms with van der Waals surface area (Å²) in [6.45, 7) is 4.39. The largest absolute Gasteiger partial charge is 0.493 e. The Morgan fingerprint density at radius 2 is 2.06 bits per heavy atom. The van der Waals surface area contributed by atoms with Crippen LogP contribution in [0.25, 0.3) is 0 Å². The Kier molecular flexibility index (Phi) is 4.86. The van der Waals surface area contributed by atoms with E-state index in [1.54, 1.807) is 14.2 Å². The molecule has 0 aliphatic carbocycles. The normalized spacial score (nSPS) is 9.94. The van der Waals surface area contributed by atoms with E-state index in [4.69, 9.17) is 15.2 Å². The quantitative estimate of drug-likeness (QED) is 0.746. The zero-order valence-corrected chi connectivity index (χ0v) is 9.95. The summed E-state index contributed by atoms with van der Waals surface area (Å²) in [4.78, 5) is 0. The molecule has 0 aromatic heterocycles.